The molecule has 1 saturated heterocycles. The number of aryl methyl sites for hydroxylation is 1. The lowest BCUT2D eigenvalue weighted by atomic mass is 10.1. The van der Waals surface area contributed by atoms with Gasteiger partial charge in [0.2, 0.25) is 0 Å². The van der Waals surface area contributed by atoms with Crippen molar-refractivity contribution in [2.45, 2.75) is 26.1 Å². The maximum absolute atomic E-state index is 12.8. The number of pyridine rings is 1. The summed E-state index contributed by atoms with van der Waals surface area (Å²) >= 11 is 6.08. The number of hydrogen-bond acceptors (Lipinski definition) is 5. The Morgan fingerprint density at radius 2 is 1.87 bits per heavy atom. The van der Waals surface area contributed by atoms with Crippen LogP contribution in [0.1, 0.15) is 23.6 Å². The molecule has 1 aromatic carbocycles. The zero-order chi connectivity index (χ0) is 22.2. The standard InChI is InChI=1S/C22H21ClF3N3O2/c1-2-14-3-4-17-15(10-20(30)31-19(17)9-14)13-28-5-7-29(8-6-28)21-18(23)11-16(12-27-21)22(24,25)26/h3-4,9-12H,2,5-8,13H2,1H3. The largest absolute Gasteiger partial charge is 0.423 e. The molecule has 9 heteroatoms. The predicted octanol–water partition coefficient (Wildman–Crippen LogP) is 4.74. The number of alkyl halides is 3. The molecule has 0 N–H and O–H groups in total. The number of nitrogens with zero attached hydrogens (tertiary/aromatic N) is 3. The lowest BCUT2D eigenvalue weighted by Crippen LogP contribution is -2.46. The summed E-state index contributed by atoms with van der Waals surface area (Å²) < 4.78 is 43.9. The normalized spacial score (nSPS) is 15.6. The van der Waals surface area contributed by atoms with Gasteiger partial charge in [-0.25, -0.2) is 9.78 Å². The Labute approximate surface area is 182 Å². The van der Waals surface area contributed by atoms with Gasteiger partial charge in [-0.1, -0.05) is 30.7 Å². The summed E-state index contributed by atoms with van der Waals surface area (Å²) in [6.45, 7) is 5.08. The van der Waals surface area contributed by atoms with Gasteiger partial charge in [-0.2, -0.15) is 13.2 Å². The smallest absolute Gasteiger partial charge is 0.417 e. The fourth-order valence-corrected chi connectivity index (χ4v) is 4.09. The number of aromatic nitrogens is 1. The fourth-order valence-electron chi connectivity index (χ4n) is 3.80. The predicted molar refractivity (Wildman–Crippen MR) is 114 cm³/mol. The van der Waals surface area contributed by atoms with Crippen molar-refractivity contribution in [2.75, 3.05) is 31.1 Å². The molecule has 0 saturated carbocycles. The second kappa shape index (κ2) is 8.51. The van der Waals surface area contributed by atoms with E-state index in [1.54, 1.807) is 0 Å². The van der Waals surface area contributed by atoms with E-state index in [0.29, 0.717) is 44.1 Å². The Morgan fingerprint density at radius 1 is 1.13 bits per heavy atom. The van der Waals surface area contributed by atoms with Crippen LogP contribution >= 0.6 is 11.6 Å². The molecular weight excluding hydrogens is 431 g/mol. The highest BCUT2D eigenvalue weighted by molar-refractivity contribution is 6.33. The monoisotopic (exact) mass is 451 g/mol. The summed E-state index contributed by atoms with van der Waals surface area (Å²) in [5.41, 5.74) is 1.34. The van der Waals surface area contributed by atoms with Gasteiger partial charge >= 0.3 is 11.8 Å². The topological polar surface area (TPSA) is 49.6 Å². The number of rotatable bonds is 4. The number of halogens is 4. The van der Waals surface area contributed by atoms with Crippen molar-refractivity contribution >= 4 is 28.4 Å². The van der Waals surface area contributed by atoms with E-state index in [9.17, 15) is 18.0 Å². The highest BCUT2D eigenvalue weighted by Crippen LogP contribution is 2.33. The van der Waals surface area contributed by atoms with Gasteiger partial charge in [-0.15, -0.1) is 0 Å². The lowest BCUT2D eigenvalue weighted by molar-refractivity contribution is -0.137. The van der Waals surface area contributed by atoms with Crippen LogP contribution in [0.25, 0.3) is 11.0 Å². The molecule has 2 aromatic heterocycles. The summed E-state index contributed by atoms with van der Waals surface area (Å²) in [5, 5.41) is 0.897. The molecule has 31 heavy (non-hydrogen) atoms. The minimum absolute atomic E-state index is 0.0123. The molecule has 0 unspecified atom stereocenters. The molecule has 0 spiro atoms. The van der Waals surface area contributed by atoms with Crippen LogP contribution in [0.4, 0.5) is 19.0 Å². The van der Waals surface area contributed by atoms with Crippen molar-refractivity contribution in [3.05, 3.63) is 68.7 Å². The van der Waals surface area contributed by atoms with E-state index in [4.69, 9.17) is 16.0 Å². The summed E-state index contributed by atoms with van der Waals surface area (Å²) in [5.74, 6) is 0.354. The molecule has 0 radical (unpaired) electrons. The first-order valence-corrected chi connectivity index (χ1v) is 10.4. The molecule has 3 heterocycles. The van der Waals surface area contributed by atoms with Gasteiger partial charge in [-0.3, -0.25) is 4.90 Å². The highest BCUT2D eigenvalue weighted by atomic mass is 35.5. The van der Waals surface area contributed by atoms with Crippen LogP contribution in [0, 0.1) is 0 Å². The molecule has 0 atom stereocenters. The van der Waals surface area contributed by atoms with E-state index in [1.807, 2.05) is 30.0 Å². The van der Waals surface area contributed by atoms with Gasteiger partial charge in [0.1, 0.15) is 11.4 Å². The molecule has 0 aliphatic carbocycles. The number of fused-ring (bicyclic) bond motifs is 1. The maximum atomic E-state index is 12.8. The Bertz CT molecular complexity index is 1150. The van der Waals surface area contributed by atoms with E-state index in [1.165, 1.54) is 6.07 Å². The highest BCUT2D eigenvalue weighted by Gasteiger charge is 2.32. The lowest BCUT2D eigenvalue weighted by Gasteiger charge is -2.36. The Hall–Kier alpha value is -2.58. The number of hydrogen-bond donors (Lipinski definition) is 0. The fraction of sp³-hybridized carbons (Fsp3) is 0.364. The van der Waals surface area contributed by atoms with Crippen LogP contribution in [0.15, 0.2) is 45.7 Å². The molecule has 3 aromatic rings. The van der Waals surface area contributed by atoms with E-state index < -0.39 is 11.7 Å². The van der Waals surface area contributed by atoms with Gasteiger partial charge in [0, 0.05) is 50.4 Å². The second-order valence-corrected chi connectivity index (χ2v) is 7.97. The minimum Gasteiger partial charge on any atom is -0.423 e. The third-order valence-electron chi connectivity index (χ3n) is 5.52. The number of anilines is 1. The van der Waals surface area contributed by atoms with Gasteiger partial charge < -0.3 is 9.32 Å². The van der Waals surface area contributed by atoms with Gasteiger partial charge in [0.15, 0.2) is 0 Å². The summed E-state index contributed by atoms with van der Waals surface area (Å²) in [7, 11) is 0. The van der Waals surface area contributed by atoms with Crippen molar-refractivity contribution in [2.24, 2.45) is 0 Å². The van der Waals surface area contributed by atoms with E-state index in [-0.39, 0.29) is 10.6 Å². The average Bonchev–Trinajstić information content (AvgIpc) is 2.73. The number of piperazine rings is 1. The minimum atomic E-state index is -4.48. The molecule has 1 aliphatic heterocycles. The molecule has 5 nitrogen and oxygen atoms in total. The van der Waals surface area contributed by atoms with Gasteiger partial charge in [-0.05, 0) is 29.7 Å². The second-order valence-electron chi connectivity index (χ2n) is 7.57. The molecule has 164 valence electrons. The van der Waals surface area contributed by atoms with Crippen LogP contribution in [0.2, 0.25) is 5.02 Å². The first-order valence-electron chi connectivity index (χ1n) is 10.0. The summed E-state index contributed by atoms with van der Waals surface area (Å²) in [6, 6.07) is 8.35. The molecule has 0 bridgehead atoms. The first-order chi connectivity index (χ1) is 14.7. The van der Waals surface area contributed by atoms with Crippen molar-refractivity contribution in [1.82, 2.24) is 9.88 Å². The number of benzene rings is 1. The van der Waals surface area contributed by atoms with Crippen molar-refractivity contribution in [1.29, 1.82) is 0 Å². The van der Waals surface area contributed by atoms with Crippen LogP contribution < -0.4 is 10.5 Å². The quantitative estimate of drug-likeness (QED) is 0.536. The van der Waals surface area contributed by atoms with Crippen LogP contribution in [-0.4, -0.2) is 36.1 Å². The van der Waals surface area contributed by atoms with E-state index in [0.717, 1.165) is 35.2 Å². The zero-order valence-electron chi connectivity index (χ0n) is 16.9. The molecule has 1 fully saturated rings. The van der Waals surface area contributed by atoms with Crippen molar-refractivity contribution in [3.8, 4) is 0 Å². The van der Waals surface area contributed by atoms with Gasteiger partial charge in [0.05, 0.1) is 10.6 Å². The SMILES string of the molecule is CCc1ccc2c(CN3CCN(c4ncc(C(F)(F)F)cc4Cl)CC3)cc(=O)oc2c1. The Morgan fingerprint density at radius 3 is 2.52 bits per heavy atom. The third-order valence-corrected chi connectivity index (χ3v) is 5.80. The van der Waals surface area contributed by atoms with E-state index in [2.05, 4.69) is 9.88 Å². The van der Waals surface area contributed by atoms with Gasteiger partial charge in [0.25, 0.3) is 0 Å². The summed E-state index contributed by atoms with van der Waals surface area (Å²) in [4.78, 5) is 20.0. The Kier molecular flexibility index (Phi) is 5.94. The van der Waals surface area contributed by atoms with E-state index >= 15 is 0 Å². The van der Waals surface area contributed by atoms with Crippen LogP contribution in [-0.2, 0) is 19.1 Å². The zero-order valence-corrected chi connectivity index (χ0v) is 17.6. The third kappa shape index (κ3) is 4.70. The molecule has 0 amide bonds. The summed E-state index contributed by atoms with van der Waals surface area (Å²) in [6.07, 6.45) is -2.81. The average molecular weight is 452 g/mol. The maximum Gasteiger partial charge on any atom is 0.417 e. The van der Waals surface area contributed by atoms with Crippen molar-refractivity contribution in [3.63, 3.8) is 0 Å². The molecule has 1 aliphatic rings. The Balaban J connectivity index is 1.47. The van der Waals surface area contributed by atoms with Crippen molar-refractivity contribution < 1.29 is 17.6 Å². The first kappa shape index (κ1) is 21.6. The molecular formula is C22H21ClF3N3O2. The van der Waals surface area contributed by atoms with Crippen LogP contribution in [0.5, 0.6) is 0 Å². The van der Waals surface area contributed by atoms with Crippen LogP contribution in [0.3, 0.4) is 0 Å². The molecule has 4 rings (SSSR count).